The summed E-state index contributed by atoms with van der Waals surface area (Å²) in [6.07, 6.45) is 1.22. The smallest absolute Gasteiger partial charge is 0.258 e. The van der Waals surface area contributed by atoms with E-state index < -0.39 is 0 Å². The second-order valence-corrected chi connectivity index (χ2v) is 4.86. The molecular weight excluding hydrogens is 184 g/mol. The second kappa shape index (κ2) is 3.33. The summed E-state index contributed by atoms with van der Waals surface area (Å²) in [7, 11) is 0. The standard InChI is InChI=1S/C9H14N2OS/c1-6-3-7(2)11(4-6)9-10-8(12)5-13-9/h6-7H,3-5H2,1-2H3. The van der Waals surface area contributed by atoms with Gasteiger partial charge in [-0.1, -0.05) is 18.7 Å². The molecule has 13 heavy (non-hydrogen) atoms. The molecule has 2 heterocycles. The molecule has 0 N–H and O–H groups in total. The van der Waals surface area contributed by atoms with Crippen LogP contribution >= 0.6 is 11.8 Å². The van der Waals surface area contributed by atoms with Crippen molar-refractivity contribution in [1.82, 2.24) is 4.90 Å². The molecule has 0 aliphatic carbocycles. The molecule has 1 fully saturated rings. The first-order valence-electron chi connectivity index (χ1n) is 4.68. The number of hydrogen-bond donors (Lipinski definition) is 0. The normalized spacial score (nSPS) is 34.2. The van der Waals surface area contributed by atoms with E-state index in [4.69, 9.17) is 0 Å². The van der Waals surface area contributed by atoms with Crippen LogP contribution < -0.4 is 0 Å². The Bertz CT molecular complexity index is 264. The van der Waals surface area contributed by atoms with Crippen LogP contribution in [0.3, 0.4) is 0 Å². The van der Waals surface area contributed by atoms with Crippen LogP contribution in [-0.2, 0) is 4.79 Å². The molecule has 0 saturated carbocycles. The van der Waals surface area contributed by atoms with E-state index in [0.717, 1.165) is 17.6 Å². The maximum Gasteiger partial charge on any atom is 0.258 e. The summed E-state index contributed by atoms with van der Waals surface area (Å²) in [5.41, 5.74) is 0. The number of carbonyl (C=O) groups is 1. The minimum absolute atomic E-state index is 0.0201. The third-order valence-electron chi connectivity index (χ3n) is 2.57. The third-order valence-corrected chi connectivity index (χ3v) is 3.55. The number of rotatable bonds is 0. The fourth-order valence-corrected chi connectivity index (χ4v) is 2.91. The molecule has 1 amide bonds. The lowest BCUT2D eigenvalue weighted by atomic mass is 10.1. The van der Waals surface area contributed by atoms with Gasteiger partial charge in [-0.25, -0.2) is 0 Å². The number of thioether (sulfide) groups is 1. The van der Waals surface area contributed by atoms with Gasteiger partial charge in [-0.15, -0.1) is 0 Å². The third kappa shape index (κ3) is 1.73. The lowest BCUT2D eigenvalue weighted by Gasteiger charge is -2.21. The van der Waals surface area contributed by atoms with Gasteiger partial charge in [-0.2, -0.15) is 4.99 Å². The Morgan fingerprint density at radius 2 is 2.31 bits per heavy atom. The highest BCUT2D eigenvalue weighted by molar-refractivity contribution is 8.14. The van der Waals surface area contributed by atoms with E-state index in [9.17, 15) is 4.79 Å². The molecule has 1 saturated heterocycles. The Balaban J connectivity index is 2.09. The Morgan fingerprint density at radius 1 is 1.54 bits per heavy atom. The first-order valence-corrected chi connectivity index (χ1v) is 5.66. The maximum absolute atomic E-state index is 11.0. The number of aliphatic imine (C=N–C) groups is 1. The molecule has 0 aromatic carbocycles. The molecule has 2 atom stereocenters. The number of likely N-dealkylation sites (tertiary alicyclic amines) is 1. The molecule has 2 unspecified atom stereocenters. The number of amides is 1. The van der Waals surface area contributed by atoms with Crippen LogP contribution in [0.15, 0.2) is 4.99 Å². The van der Waals surface area contributed by atoms with E-state index in [1.165, 1.54) is 6.42 Å². The van der Waals surface area contributed by atoms with E-state index >= 15 is 0 Å². The molecular formula is C9H14N2OS. The van der Waals surface area contributed by atoms with Gasteiger partial charge in [-0.3, -0.25) is 4.79 Å². The fraction of sp³-hybridized carbons (Fsp3) is 0.778. The van der Waals surface area contributed by atoms with E-state index in [1.54, 1.807) is 11.8 Å². The van der Waals surface area contributed by atoms with Crippen LogP contribution in [0.1, 0.15) is 20.3 Å². The summed E-state index contributed by atoms with van der Waals surface area (Å²) in [4.78, 5) is 17.2. The number of carbonyl (C=O) groups excluding carboxylic acids is 1. The van der Waals surface area contributed by atoms with Crippen molar-refractivity contribution in [1.29, 1.82) is 0 Å². The highest BCUT2D eigenvalue weighted by Crippen LogP contribution is 2.28. The Hall–Kier alpha value is -0.510. The maximum atomic E-state index is 11.0. The molecule has 4 heteroatoms. The Kier molecular flexibility index (Phi) is 2.32. The van der Waals surface area contributed by atoms with E-state index in [1.807, 2.05) is 0 Å². The molecule has 72 valence electrons. The van der Waals surface area contributed by atoms with Crippen LogP contribution in [-0.4, -0.2) is 34.3 Å². The van der Waals surface area contributed by atoms with Crippen LogP contribution in [0.2, 0.25) is 0 Å². The summed E-state index contributed by atoms with van der Waals surface area (Å²) < 4.78 is 0. The summed E-state index contributed by atoms with van der Waals surface area (Å²) in [6.45, 7) is 5.51. The van der Waals surface area contributed by atoms with Crippen molar-refractivity contribution < 1.29 is 4.79 Å². The number of hydrogen-bond acceptors (Lipinski definition) is 3. The second-order valence-electron chi connectivity index (χ2n) is 3.92. The van der Waals surface area contributed by atoms with Crippen molar-refractivity contribution in [2.75, 3.05) is 12.3 Å². The minimum atomic E-state index is 0.0201. The largest absolute Gasteiger partial charge is 0.348 e. The van der Waals surface area contributed by atoms with E-state index in [-0.39, 0.29) is 5.91 Å². The molecule has 2 rings (SSSR count). The molecule has 0 bridgehead atoms. The number of nitrogens with zero attached hydrogens (tertiary/aromatic N) is 2. The van der Waals surface area contributed by atoms with Gasteiger partial charge in [0.15, 0.2) is 5.17 Å². The van der Waals surface area contributed by atoms with Crippen LogP contribution in [0.25, 0.3) is 0 Å². The van der Waals surface area contributed by atoms with Crippen molar-refractivity contribution in [3.8, 4) is 0 Å². The van der Waals surface area contributed by atoms with Gasteiger partial charge in [0.2, 0.25) is 0 Å². The van der Waals surface area contributed by atoms with Crippen LogP contribution in [0.4, 0.5) is 0 Å². The lowest BCUT2D eigenvalue weighted by Crippen LogP contribution is -2.31. The van der Waals surface area contributed by atoms with Gasteiger partial charge in [0.05, 0.1) is 5.75 Å². The first kappa shape index (κ1) is 9.06. The summed E-state index contributed by atoms with van der Waals surface area (Å²) >= 11 is 1.58. The van der Waals surface area contributed by atoms with Gasteiger partial charge in [0.1, 0.15) is 0 Å². The summed E-state index contributed by atoms with van der Waals surface area (Å²) in [6, 6.07) is 0.548. The molecule has 2 aliphatic rings. The van der Waals surface area contributed by atoms with Crippen LogP contribution in [0.5, 0.6) is 0 Å². The fourth-order valence-electron chi connectivity index (χ4n) is 2.01. The highest BCUT2D eigenvalue weighted by atomic mass is 32.2. The van der Waals surface area contributed by atoms with Crippen molar-refractivity contribution in [2.45, 2.75) is 26.3 Å². The van der Waals surface area contributed by atoms with Crippen molar-refractivity contribution in [2.24, 2.45) is 10.9 Å². The molecule has 2 aliphatic heterocycles. The van der Waals surface area contributed by atoms with E-state index in [2.05, 4.69) is 23.7 Å². The quantitative estimate of drug-likeness (QED) is 0.589. The van der Waals surface area contributed by atoms with Gasteiger partial charge in [-0.05, 0) is 19.3 Å². The van der Waals surface area contributed by atoms with Crippen molar-refractivity contribution in [3.63, 3.8) is 0 Å². The van der Waals surface area contributed by atoms with Gasteiger partial charge in [0, 0.05) is 12.6 Å². The molecule has 3 nitrogen and oxygen atoms in total. The zero-order chi connectivity index (χ0) is 9.42. The van der Waals surface area contributed by atoms with Crippen molar-refractivity contribution >= 4 is 22.8 Å². The monoisotopic (exact) mass is 198 g/mol. The van der Waals surface area contributed by atoms with E-state index in [0.29, 0.717) is 11.8 Å². The Labute approximate surface area is 82.6 Å². The average Bonchev–Trinajstić information content (AvgIpc) is 2.58. The molecule has 0 spiro atoms. The minimum Gasteiger partial charge on any atom is -0.348 e. The van der Waals surface area contributed by atoms with Gasteiger partial charge >= 0.3 is 0 Å². The Morgan fingerprint density at radius 3 is 2.77 bits per heavy atom. The molecule has 0 aromatic heterocycles. The van der Waals surface area contributed by atoms with Crippen molar-refractivity contribution in [3.05, 3.63) is 0 Å². The lowest BCUT2D eigenvalue weighted by molar-refractivity contribution is -0.115. The highest BCUT2D eigenvalue weighted by Gasteiger charge is 2.31. The van der Waals surface area contributed by atoms with Gasteiger partial charge < -0.3 is 4.90 Å². The predicted molar refractivity (Wildman–Crippen MR) is 54.8 cm³/mol. The SMILES string of the molecule is CC1CC(C)N(C2=NC(=O)CS2)C1. The zero-order valence-corrected chi connectivity index (χ0v) is 8.80. The zero-order valence-electron chi connectivity index (χ0n) is 7.99. The van der Waals surface area contributed by atoms with Gasteiger partial charge in [0.25, 0.3) is 5.91 Å². The molecule has 0 aromatic rings. The average molecular weight is 198 g/mol. The molecule has 0 radical (unpaired) electrons. The van der Waals surface area contributed by atoms with Crippen LogP contribution in [0, 0.1) is 5.92 Å². The first-order chi connectivity index (χ1) is 6.16. The summed E-state index contributed by atoms with van der Waals surface area (Å²) in [5.74, 6) is 1.29. The predicted octanol–water partition coefficient (Wildman–Crippen LogP) is 1.35. The number of amidine groups is 1. The topological polar surface area (TPSA) is 32.7 Å². The summed E-state index contributed by atoms with van der Waals surface area (Å²) in [5, 5.41) is 0.946.